The number of halogens is 1. The van der Waals surface area contributed by atoms with E-state index in [4.69, 9.17) is 4.74 Å². The number of thiophene rings is 1. The van der Waals surface area contributed by atoms with Crippen molar-refractivity contribution >= 4 is 17.3 Å². The topological polar surface area (TPSA) is 46.5 Å². The van der Waals surface area contributed by atoms with Gasteiger partial charge in [0.2, 0.25) is 0 Å². The number of rotatable bonds is 6. The summed E-state index contributed by atoms with van der Waals surface area (Å²) in [4.78, 5) is 14.0. The lowest BCUT2D eigenvalue weighted by atomic mass is 9.82. The van der Waals surface area contributed by atoms with Crippen LogP contribution < -0.4 is 17.0 Å². The molecule has 27 heavy (non-hydrogen) atoms. The first-order valence-electron chi connectivity index (χ1n) is 10.0. The van der Waals surface area contributed by atoms with Crippen molar-refractivity contribution in [2.45, 2.75) is 50.2 Å². The molecule has 1 aromatic heterocycles. The first-order valence-corrected chi connectivity index (χ1v) is 10.9. The lowest BCUT2D eigenvalue weighted by Crippen LogP contribution is -3.00. The second kappa shape index (κ2) is 8.36. The molecule has 2 atom stereocenters. The Balaban J connectivity index is 0.00000210. The fourth-order valence-electron chi connectivity index (χ4n) is 5.42. The zero-order valence-corrected chi connectivity index (χ0v) is 18.2. The largest absolute Gasteiger partial charge is 1.00 e. The molecule has 0 amide bonds. The van der Waals surface area contributed by atoms with Gasteiger partial charge in [0.1, 0.15) is 6.54 Å². The average Bonchev–Trinajstić information content (AvgIpc) is 3.36. The molecule has 3 aliphatic heterocycles. The van der Waals surface area contributed by atoms with E-state index in [-0.39, 0.29) is 29.0 Å². The van der Waals surface area contributed by atoms with Gasteiger partial charge in [-0.05, 0) is 30.4 Å². The molecule has 0 unspecified atom stereocenters. The fourth-order valence-corrected chi connectivity index (χ4v) is 6.31. The molecule has 1 aromatic rings. The van der Waals surface area contributed by atoms with Crippen LogP contribution in [-0.4, -0.2) is 47.8 Å². The summed E-state index contributed by atoms with van der Waals surface area (Å²) in [5, 5.41) is 13.5. The van der Waals surface area contributed by atoms with Crippen LogP contribution in [0, 0.1) is 11.8 Å². The average molecular weight is 456 g/mol. The van der Waals surface area contributed by atoms with Crippen LogP contribution in [0.15, 0.2) is 30.2 Å². The van der Waals surface area contributed by atoms with Crippen LogP contribution in [0.2, 0.25) is 0 Å². The third-order valence-corrected chi connectivity index (χ3v) is 7.96. The van der Waals surface area contributed by atoms with Gasteiger partial charge < -0.3 is 31.3 Å². The minimum absolute atomic E-state index is 0. The van der Waals surface area contributed by atoms with Crippen molar-refractivity contribution in [2.24, 2.45) is 11.8 Å². The number of aliphatic hydroxyl groups is 1. The molecule has 6 heteroatoms. The van der Waals surface area contributed by atoms with Crippen molar-refractivity contribution in [1.29, 1.82) is 0 Å². The van der Waals surface area contributed by atoms with Crippen molar-refractivity contribution in [2.75, 3.05) is 26.2 Å². The summed E-state index contributed by atoms with van der Waals surface area (Å²) in [6.45, 7) is 8.04. The molecule has 2 bridgehead atoms. The SMILES string of the molecule is C=CC[N+]12CCC(CC1)[C@@H](OC(=O)[C@@](O)(c1cccs1)C1CCCC1)C2.[Br-]. The highest BCUT2D eigenvalue weighted by molar-refractivity contribution is 7.10. The Morgan fingerprint density at radius 1 is 1.33 bits per heavy atom. The lowest BCUT2D eigenvalue weighted by Gasteiger charge is -2.52. The van der Waals surface area contributed by atoms with Gasteiger partial charge in [-0.1, -0.05) is 25.5 Å². The van der Waals surface area contributed by atoms with Crippen molar-refractivity contribution in [3.8, 4) is 0 Å². The first-order chi connectivity index (χ1) is 12.6. The number of ether oxygens (including phenoxy) is 1. The Labute approximate surface area is 176 Å². The summed E-state index contributed by atoms with van der Waals surface area (Å²) in [5.41, 5.74) is -1.47. The van der Waals surface area contributed by atoms with E-state index < -0.39 is 11.6 Å². The number of nitrogens with zero attached hydrogens (tertiary/aromatic N) is 1. The van der Waals surface area contributed by atoms with Gasteiger partial charge in [0.05, 0.1) is 19.6 Å². The number of piperidine rings is 3. The Kier molecular flexibility index (Phi) is 6.51. The van der Waals surface area contributed by atoms with E-state index in [9.17, 15) is 9.90 Å². The smallest absolute Gasteiger partial charge is 0.344 e. The second-order valence-corrected chi connectivity index (χ2v) is 9.40. The standard InChI is InChI=1S/C21H30NO3S.BrH/c1-2-11-22-12-9-16(10-13-22)18(15-22)25-20(23)21(24,17-6-3-4-7-17)19-8-5-14-26-19;/h2,5,8,14,16-18,24H,1,3-4,6-7,9-13,15H2;1H/q+1;/p-1/t16?,18-,21-,22?;/m0./s1. The zero-order chi connectivity index (χ0) is 18.2. The third-order valence-electron chi connectivity index (χ3n) is 6.97. The molecule has 0 spiro atoms. The lowest BCUT2D eigenvalue weighted by molar-refractivity contribution is -0.941. The van der Waals surface area contributed by atoms with E-state index in [1.54, 1.807) is 0 Å². The molecule has 0 radical (unpaired) electrons. The van der Waals surface area contributed by atoms with Gasteiger partial charge in [-0.2, -0.15) is 0 Å². The molecule has 0 aromatic carbocycles. The number of fused-ring (bicyclic) bond motifs is 3. The van der Waals surface area contributed by atoms with Crippen LogP contribution >= 0.6 is 11.3 Å². The van der Waals surface area contributed by atoms with Gasteiger partial charge in [-0.25, -0.2) is 4.79 Å². The number of hydrogen-bond acceptors (Lipinski definition) is 4. The summed E-state index contributed by atoms with van der Waals surface area (Å²) >= 11 is 1.46. The fraction of sp³-hybridized carbons (Fsp3) is 0.667. The predicted octanol–water partition coefficient (Wildman–Crippen LogP) is 0.468. The van der Waals surface area contributed by atoms with Crippen LogP contribution in [0.4, 0.5) is 0 Å². The molecule has 4 nitrogen and oxygen atoms in total. The predicted molar refractivity (Wildman–Crippen MR) is 103 cm³/mol. The van der Waals surface area contributed by atoms with Gasteiger partial charge in [-0.15, -0.1) is 11.3 Å². The first kappa shape index (κ1) is 21.0. The summed E-state index contributed by atoms with van der Waals surface area (Å²) in [5.74, 6) is 0.00772. The molecular formula is C21H30BrNO3S. The number of esters is 1. The third kappa shape index (κ3) is 3.78. The molecular weight excluding hydrogens is 426 g/mol. The second-order valence-electron chi connectivity index (χ2n) is 8.45. The van der Waals surface area contributed by atoms with Gasteiger partial charge >= 0.3 is 5.97 Å². The van der Waals surface area contributed by atoms with Gasteiger partial charge in [0, 0.05) is 29.6 Å². The zero-order valence-electron chi connectivity index (χ0n) is 15.8. The molecule has 1 N–H and O–H groups in total. The molecule has 5 rings (SSSR count). The normalized spacial score (nSPS) is 32.5. The Hall–Kier alpha value is -0.690. The maximum Gasteiger partial charge on any atom is 0.344 e. The minimum atomic E-state index is -1.47. The van der Waals surface area contributed by atoms with Crippen LogP contribution in [0.5, 0.6) is 0 Å². The number of carbonyl (C=O) groups excluding carboxylic acids is 1. The Morgan fingerprint density at radius 3 is 2.63 bits per heavy atom. The number of hydrogen-bond donors (Lipinski definition) is 1. The van der Waals surface area contributed by atoms with E-state index in [2.05, 4.69) is 6.58 Å². The summed E-state index contributed by atoms with van der Waals surface area (Å²) < 4.78 is 7.05. The molecule has 3 saturated heterocycles. The number of carbonyl (C=O) groups is 1. The molecule has 1 aliphatic carbocycles. The van der Waals surface area contributed by atoms with Crippen LogP contribution in [-0.2, 0) is 15.1 Å². The van der Waals surface area contributed by atoms with Crippen molar-refractivity contribution < 1.29 is 36.1 Å². The molecule has 1 saturated carbocycles. The Bertz CT molecular complexity index is 650. The summed E-state index contributed by atoms with van der Waals surface area (Å²) in [6, 6.07) is 3.79. The van der Waals surface area contributed by atoms with Crippen molar-refractivity contribution in [3.63, 3.8) is 0 Å². The summed E-state index contributed by atoms with van der Waals surface area (Å²) in [7, 11) is 0. The van der Waals surface area contributed by atoms with Crippen molar-refractivity contribution in [3.05, 3.63) is 35.0 Å². The van der Waals surface area contributed by atoms with Crippen molar-refractivity contribution in [1.82, 2.24) is 0 Å². The maximum atomic E-state index is 13.3. The summed E-state index contributed by atoms with van der Waals surface area (Å²) in [6.07, 6.45) is 8.08. The van der Waals surface area contributed by atoms with Gasteiger partial charge in [0.25, 0.3) is 0 Å². The van der Waals surface area contributed by atoms with E-state index in [0.29, 0.717) is 5.92 Å². The van der Waals surface area contributed by atoms with Gasteiger partial charge in [0.15, 0.2) is 11.7 Å². The minimum Gasteiger partial charge on any atom is -1.00 e. The van der Waals surface area contributed by atoms with Crippen LogP contribution in [0.3, 0.4) is 0 Å². The van der Waals surface area contributed by atoms with E-state index >= 15 is 0 Å². The van der Waals surface area contributed by atoms with E-state index in [1.165, 1.54) is 11.3 Å². The monoisotopic (exact) mass is 455 g/mol. The quantitative estimate of drug-likeness (QED) is 0.385. The molecule has 150 valence electrons. The van der Waals surface area contributed by atoms with Crippen LogP contribution in [0.25, 0.3) is 0 Å². The highest BCUT2D eigenvalue weighted by Crippen LogP contribution is 2.44. The highest BCUT2D eigenvalue weighted by Gasteiger charge is 2.52. The molecule has 4 aliphatic rings. The van der Waals surface area contributed by atoms with E-state index in [1.807, 2.05) is 23.6 Å². The molecule has 4 fully saturated rings. The maximum absolute atomic E-state index is 13.3. The molecule has 4 heterocycles. The van der Waals surface area contributed by atoms with E-state index in [0.717, 1.165) is 74.1 Å². The van der Waals surface area contributed by atoms with Crippen LogP contribution in [0.1, 0.15) is 43.4 Å². The Morgan fingerprint density at radius 2 is 2.04 bits per heavy atom. The van der Waals surface area contributed by atoms with Gasteiger partial charge in [-0.3, -0.25) is 0 Å². The highest BCUT2D eigenvalue weighted by atomic mass is 79.9. The number of quaternary nitrogens is 1.